The van der Waals surface area contributed by atoms with Crippen LogP contribution in [0, 0.1) is 5.92 Å². The van der Waals surface area contributed by atoms with Gasteiger partial charge < -0.3 is 15.2 Å². The lowest BCUT2D eigenvalue weighted by Gasteiger charge is -2.22. The largest absolute Gasteiger partial charge is 0.463 e. The minimum atomic E-state index is -1.10. The summed E-state index contributed by atoms with van der Waals surface area (Å²) in [5.74, 6) is -0.265. The van der Waals surface area contributed by atoms with Crippen molar-refractivity contribution < 1.29 is 19.4 Å². The van der Waals surface area contributed by atoms with Crippen LogP contribution in [0.5, 0.6) is 5.75 Å². The Kier molecular flexibility index (Phi) is 5.92. The van der Waals surface area contributed by atoms with E-state index in [-0.39, 0.29) is 17.9 Å². The molecule has 1 aliphatic heterocycles. The molecule has 2 aromatic carbocycles. The summed E-state index contributed by atoms with van der Waals surface area (Å²) in [5, 5.41) is 16.4. The van der Waals surface area contributed by atoms with Crippen LogP contribution in [0.15, 0.2) is 48.5 Å². The van der Waals surface area contributed by atoms with Gasteiger partial charge in [-0.3, -0.25) is 14.9 Å². The lowest BCUT2D eigenvalue weighted by atomic mass is 9.88. The van der Waals surface area contributed by atoms with E-state index >= 15 is 0 Å². The van der Waals surface area contributed by atoms with Gasteiger partial charge in [-0.05, 0) is 30.5 Å². The Morgan fingerprint density at radius 1 is 1.03 bits per heavy atom. The lowest BCUT2D eigenvalue weighted by molar-refractivity contribution is -0.124. The van der Waals surface area contributed by atoms with E-state index in [2.05, 4.69) is 10.6 Å². The second-order valence-corrected chi connectivity index (χ2v) is 7.75. The molecule has 2 aromatic rings. The van der Waals surface area contributed by atoms with E-state index in [1.54, 1.807) is 18.2 Å². The summed E-state index contributed by atoms with van der Waals surface area (Å²) in [5.41, 5.74) is 2.11. The average Bonchev–Trinajstić information content (AvgIpc) is 2.92. The highest BCUT2D eigenvalue weighted by molar-refractivity contribution is 6.05. The van der Waals surface area contributed by atoms with Crippen molar-refractivity contribution in [3.63, 3.8) is 0 Å². The van der Waals surface area contributed by atoms with Gasteiger partial charge in [0.1, 0.15) is 5.75 Å². The van der Waals surface area contributed by atoms with E-state index < -0.39 is 12.2 Å². The van der Waals surface area contributed by atoms with Gasteiger partial charge in [-0.2, -0.15) is 0 Å². The predicted molar refractivity (Wildman–Crippen MR) is 108 cm³/mol. The van der Waals surface area contributed by atoms with E-state index in [1.165, 1.54) is 0 Å². The SMILES string of the molecule is O=C(NC(=O)C1CCCCC1)c1ccc2c(c1)OC(O)C(c1ccccc1)NC2. The second-order valence-electron chi connectivity index (χ2n) is 7.75. The monoisotopic (exact) mass is 394 g/mol. The molecule has 1 heterocycles. The number of aliphatic hydroxyl groups excluding tert-OH is 1. The number of amides is 2. The molecular formula is C23H26N2O4. The Morgan fingerprint density at radius 3 is 2.55 bits per heavy atom. The van der Waals surface area contributed by atoms with Crippen LogP contribution in [0.2, 0.25) is 0 Å². The highest BCUT2D eigenvalue weighted by Gasteiger charge is 2.28. The fraction of sp³-hybridized carbons (Fsp3) is 0.391. The fourth-order valence-corrected chi connectivity index (χ4v) is 4.06. The van der Waals surface area contributed by atoms with Crippen molar-refractivity contribution in [2.45, 2.75) is 51.0 Å². The molecule has 1 saturated carbocycles. The fourth-order valence-electron chi connectivity index (χ4n) is 4.06. The molecule has 0 bridgehead atoms. The molecule has 2 unspecified atom stereocenters. The molecule has 0 aromatic heterocycles. The summed E-state index contributed by atoms with van der Waals surface area (Å²) in [4.78, 5) is 24.9. The number of hydrogen-bond acceptors (Lipinski definition) is 5. The molecule has 2 aliphatic rings. The van der Waals surface area contributed by atoms with Crippen LogP contribution < -0.4 is 15.4 Å². The number of nitrogens with one attached hydrogen (secondary N) is 2. The first-order valence-electron chi connectivity index (χ1n) is 10.2. The number of rotatable bonds is 3. The number of benzene rings is 2. The summed E-state index contributed by atoms with van der Waals surface area (Å²) < 4.78 is 5.76. The number of imide groups is 1. The highest BCUT2D eigenvalue weighted by atomic mass is 16.6. The molecule has 0 spiro atoms. The van der Waals surface area contributed by atoms with Gasteiger partial charge in [0.15, 0.2) is 0 Å². The first kappa shape index (κ1) is 19.6. The van der Waals surface area contributed by atoms with Crippen LogP contribution in [0.4, 0.5) is 0 Å². The van der Waals surface area contributed by atoms with Crippen molar-refractivity contribution in [1.29, 1.82) is 0 Å². The van der Waals surface area contributed by atoms with E-state index in [1.807, 2.05) is 30.3 Å². The van der Waals surface area contributed by atoms with Crippen molar-refractivity contribution in [3.05, 3.63) is 65.2 Å². The van der Waals surface area contributed by atoms with Gasteiger partial charge in [-0.15, -0.1) is 0 Å². The minimum absolute atomic E-state index is 0.0811. The minimum Gasteiger partial charge on any atom is -0.463 e. The first-order valence-corrected chi connectivity index (χ1v) is 10.2. The van der Waals surface area contributed by atoms with Crippen LogP contribution in [-0.2, 0) is 11.3 Å². The molecule has 29 heavy (non-hydrogen) atoms. The number of hydrogen-bond donors (Lipinski definition) is 3. The van der Waals surface area contributed by atoms with Gasteiger partial charge in [-0.1, -0.05) is 55.7 Å². The molecule has 6 nitrogen and oxygen atoms in total. The van der Waals surface area contributed by atoms with E-state index in [0.717, 1.165) is 43.2 Å². The number of ether oxygens (including phenoxy) is 1. The Labute approximate surface area is 170 Å². The summed E-state index contributed by atoms with van der Waals surface area (Å²) in [6.07, 6.45) is 3.80. The number of aliphatic hydroxyl groups is 1. The molecule has 2 amide bonds. The number of carbonyl (C=O) groups is 2. The standard InChI is InChI=1S/C23H26N2O4/c26-21(16-9-5-2-6-10-16)25-22(27)17-11-12-18-14-24-20(15-7-3-1-4-8-15)23(28)29-19(18)13-17/h1,3-4,7-8,11-13,16,20,23-24,28H,2,5-6,9-10,14H2,(H,25,26,27). The van der Waals surface area contributed by atoms with E-state index in [4.69, 9.17) is 4.74 Å². The molecule has 152 valence electrons. The van der Waals surface area contributed by atoms with E-state index in [9.17, 15) is 14.7 Å². The molecule has 4 rings (SSSR count). The maximum absolute atomic E-state index is 12.6. The van der Waals surface area contributed by atoms with Crippen molar-refractivity contribution >= 4 is 11.8 Å². The Hall–Kier alpha value is -2.70. The predicted octanol–water partition coefficient (Wildman–Crippen LogP) is 3.07. The van der Waals surface area contributed by atoms with Crippen molar-refractivity contribution in [1.82, 2.24) is 10.6 Å². The number of carbonyl (C=O) groups excluding carboxylic acids is 2. The highest BCUT2D eigenvalue weighted by Crippen LogP contribution is 2.29. The maximum atomic E-state index is 12.6. The third-order valence-corrected chi connectivity index (χ3v) is 5.75. The quantitative estimate of drug-likeness (QED) is 0.697. The van der Waals surface area contributed by atoms with Crippen LogP contribution in [-0.4, -0.2) is 23.2 Å². The third-order valence-electron chi connectivity index (χ3n) is 5.75. The molecule has 1 fully saturated rings. The molecule has 0 radical (unpaired) electrons. The Bertz CT molecular complexity index is 878. The van der Waals surface area contributed by atoms with Gasteiger partial charge in [-0.25, -0.2) is 0 Å². The smallest absolute Gasteiger partial charge is 0.257 e. The van der Waals surface area contributed by atoms with Gasteiger partial charge in [0, 0.05) is 23.6 Å². The Morgan fingerprint density at radius 2 is 1.79 bits per heavy atom. The van der Waals surface area contributed by atoms with Crippen LogP contribution in [0.1, 0.15) is 59.6 Å². The lowest BCUT2D eigenvalue weighted by Crippen LogP contribution is -2.36. The van der Waals surface area contributed by atoms with Gasteiger partial charge in [0.2, 0.25) is 12.2 Å². The van der Waals surface area contributed by atoms with Crippen LogP contribution >= 0.6 is 0 Å². The van der Waals surface area contributed by atoms with Crippen LogP contribution in [0.3, 0.4) is 0 Å². The molecule has 2 atom stereocenters. The van der Waals surface area contributed by atoms with Gasteiger partial charge >= 0.3 is 0 Å². The summed E-state index contributed by atoms with van der Waals surface area (Å²) >= 11 is 0. The second kappa shape index (κ2) is 8.76. The van der Waals surface area contributed by atoms with Gasteiger partial charge in [0.25, 0.3) is 5.91 Å². The Balaban J connectivity index is 1.46. The topological polar surface area (TPSA) is 87.7 Å². The molecule has 0 saturated heterocycles. The van der Waals surface area contributed by atoms with Crippen molar-refractivity contribution in [3.8, 4) is 5.75 Å². The molecule has 6 heteroatoms. The van der Waals surface area contributed by atoms with Crippen molar-refractivity contribution in [2.24, 2.45) is 5.92 Å². The van der Waals surface area contributed by atoms with Crippen molar-refractivity contribution in [2.75, 3.05) is 0 Å². The normalized spacial score (nSPS) is 22.1. The molecule has 1 aliphatic carbocycles. The van der Waals surface area contributed by atoms with Crippen LogP contribution in [0.25, 0.3) is 0 Å². The van der Waals surface area contributed by atoms with Gasteiger partial charge in [0.05, 0.1) is 6.04 Å². The van der Waals surface area contributed by atoms with E-state index in [0.29, 0.717) is 17.9 Å². The summed E-state index contributed by atoms with van der Waals surface area (Å²) in [7, 11) is 0. The average molecular weight is 394 g/mol. The molecular weight excluding hydrogens is 368 g/mol. The first-order chi connectivity index (χ1) is 14.1. The zero-order valence-electron chi connectivity index (χ0n) is 16.3. The maximum Gasteiger partial charge on any atom is 0.257 e. The zero-order valence-corrected chi connectivity index (χ0v) is 16.3. The molecule has 3 N–H and O–H groups in total. The summed E-state index contributed by atoms with van der Waals surface area (Å²) in [6.45, 7) is 0.495. The third kappa shape index (κ3) is 4.49. The summed E-state index contributed by atoms with van der Waals surface area (Å²) in [6, 6.07) is 14.3. The number of fused-ring (bicyclic) bond motifs is 1. The zero-order chi connectivity index (χ0) is 20.2.